The van der Waals surface area contributed by atoms with E-state index in [0.717, 1.165) is 12.8 Å². The zero-order chi connectivity index (χ0) is 23.7. The summed E-state index contributed by atoms with van der Waals surface area (Å²) in [7, 11) is 1.57. The molecule has 1 aliphatic rings. The Kier molecular flexibility index (Phi) is 5.87. The van der Waals surface area contributed by atoms with Crippen LogP contribution in [0.2, 0.25) is 0 Å². The predicted octanol–water partition coefficient (Wildman–Crippen LogP) is 3.52. The molecule has 0 atom stereocenters. The number of H-pyrrole nitrogens is 1. The van der Waals surface area contributed by atoms with Gasteiger partial charge in [-0.25, -0.2) is 4.68 Å². The first-order chi connectivity index (χ1) is 16.5. The van der Waals surface area contributed by atoms with Crippen molar-refractivity contribution in [1.82, 2.24) is 29.5 Å². The first-order valence-electron chi connectivity index (χ1n) is 11.5. The number of aryl methyl sites for hydroxylation is 1. The highest BCUT2D eigenvalue weighted by molar-refractivity contribution is 5.90. The van der Waals surface area contributed by atoms with Gasteiger partial charge < -0.3 is 10.1 Å². The lowest BCUT2D eigenvalue weighted by molar-refractivity contribution is -0.117. The van der Waals surface area contributed by atoms with E-state index < -0.39 is 0 Å². The van der Waals surface area contributed by atoms with Crippen LogP contribution in [-0.2, 0) is 4.79 Å². The summed E-state index contributed by atoms with van der Waals surface area (Å²) in [6, 6.07) is 9.13. The lowest BCUT2D eigenvalue weighted by Gasteiger charge is -2.20. The fourth-order valence-corrected chi connectivity index (χ4v) is 4.59. The summed E-state index contributed by atoms with van der Waals surface area (Å²) in [6.07, 6.45) is 7.73. The Morgan fingerprint density at radius 3 is 2.79 bits per heavy atom. The molecular weight excluding hydrogens is 434 g/mol. The molecule has 0 spiro atoms. The number of ether oxygens (including phenoxy) is 1. The van der Waals surface area contributed by atoms with E-state index in [1.54, 1.807) is 17.9 Å². The molecule has 0 aliphatic heterocycles. The predicted molar refractivity (Wildman–Crippen MR) is 128 cm³/mol. The minimum Gasteiger partial charge on any atom is -0.494 e. The number of benzene rings is 1. The van der Waals surface area contributed by atoms with E-state index in [2.05, 4.69) is 25.5 Å². The van der Waals surface area contributed by atoms with Crippen molar-refractivity contribution in [1.29, 1.82) is 0 Å². The second kappa shape index (κ2) is 9.12. The van der Waals surface area contributed by atoms with Gasteiger partial charge in [-0.05, 0) is 37.8 Å². The Labute approximate surface area is 196 Å². The molecule has 10 heteroatoms. The lowest BCUT2D eigenvalue weighted by Crippen LogP contribution is -2.21. The zero-order valence-electron chi connectivity index (χ0n) is 19.2. The average molecular weight is 462 g/mol. The molecule has 0 radical (unpaired) electrons. The van der Waals surface area contributed by atoms with E-state index >= 15 is 0 Å². The molecule has 3 aromatic heterocycles. The number of nitrogens with one attached hydrogen (secondary N) is 2. The molecule has 1 amide bonds. The molecule has 4 aromatic rings. The van der Waals surface area contributed by atoms with Crippen LogP contribution in [0.1, 0.15) is 44.2 Å². The number of carbonyl (C=O) groups excluding carboxylic acids is 1. The molecule has 5 rings (SSSR count). The van der Waals surface area contributed by atoms with Crippen molar-refractivity contribution in [3.8, 4) is 17.4 Å². The van der Waals surface area contributed by atoms with E-state index in [1.807, 2.05) is 31.2 Å². The number of hydrogen-bond acceptors (Lipinski definition) is 6. The SMILES string of the molecule is COc1ccccc1-n1ncc2c(=O)[nH]c(-n3nc(C)cc3NC(=O)CC3CCCCC3)nc21. The summed E-state index contributed by atoms with van der Waals surface area (Å²) in [5.41, 5.74) is 1.35. The largest absolute Gasteiger partial charge is 0.494 e. The van der Waals surface area contributed by atoms with Crippen molar-refractivity contribution in [2.75, 3.05) is 12.4 Å². The number of aromatic nitrogens is 6. The Bertz CT molecular complexity index is 1400. The van der Waals surface area contributed by atoms with Gasteiger partial charge in [0.2, 0.25) is 11.9 Å². The first-order valence-corrected chi connectivity index (χ1v) is 11.5. The van der Waals surface area contributed by atoms with Crippen LogP contribution >= 0.6 is 0 Å². The van der Waals surface area contributed by atoms with Gasteiger partial charge in [0.05, 0.1) is 19.0 Å². The van der Waals surface area contributed by atoms with Gasteiger partial charge in [-0.2, -0.15) is 19.9 Å². The van der Waals surface area contributed by atoms with Crippen molar-refractivity contribution in [3.63, 3.8) is 0 Å². The molecule has 2 N–H and O–H groups in total. The number of anilines is 1. The van der Waals surface area contributed by atoms with Crippen LogP contribution in [0.5, 0.6) is 5.75 Å². The molecule has 1 aliphatic carbocycles. The van der Waals surface area contributed by atoms with Gasteiger partial charge >= 0.3 is 0 Å². The van der Waals surface area contributed by atoms with Gasteiger partial charge in [0, 0.05) is 12.5 Å². The van der Waals surface area contributed by atoms with E-state index in [0.29, 0.717) is 46.3 Å². The normalized spacial score (nSPS) is 14.4. The van der Waals surface area contributed by atoms with Crippen molar-refractivity contribution in [2.24, 2.45) is 5.92 Å². The third-order valence-corrected chi connectivity index (χ3v) is 6.24. The summed E-state index contributed by atoms with van der Waals surface area (Å²) >= 11 is 0. The van der Waals surface area contributed by atoms with Gasteiger partial charge in [0.25, 0.3) is 5.56 Å². The first kappa shape index (κ1) is 21.9. The van der Waals surface area contributed by atoms with Crippen LogP contribution in [0.25, 0.3) is 22.7 Å². The molecule has 1 saturated carbocycles. The van der Waals surface area contributed by atoms with E-state index in [9.17, 15) is 9.59 Å². The maximum atomic E-state index is 12.9. The second-order valence-corrected chi connectivity index (χ2v) is 8.69. The number of aromatic amines is 1. The molecule has 0 bridgehead atoms. The van der Waals surface area contributed by atoms with Gasteiger partial charge in [-0.15, -0.1) is 0 Å². The van der Waals surface area contributed by atoms with E-state index in [1.165, 1.54) is 30.1 Å². The maximum Gasteiger partial charge on any atom is 0.263 e. The fourth-order valence-electron chi connectivity index (χ4n) is 4.59. The number of nitrogens with zero attached hydrogens (tertiary/aromatic N) is 5. The van der Waals surface area contributed by atoms with Gasteiger partial charge in [-0.1, -0.05) is 31.4 Å². The minimum atomic E-state index is -0.353. The summed E-state index contributed by atoms with van der Waals surface area (Å²) in [4.78, 5) is 33.0. The van der Waals surface area contributed by atoms with Crippen molar-refractivity contribution < 1.29 is 9.53 Å². The molecule has 0 saturated heterocycles. The number of rotatable bonds is 6. The number of methoxy groups -OCH3 is 1. The van der Waals surface area contributed by atoms with Crippen LogP contribution in [0, 0.1) is 12.8 Å². The second-order valence-electron chi connectivity index (χ2n) is 8.69. The average Bonchev–Trinajstić information content (AvgIpc) is 3.43. The number of para-hydroxylation sites is 2. The molecule has 1 fully saturated rings. The highest BCUT2D eigenvalue weighted by Crippen LogP contribution is 2.27. The summed E-state index contributed by atoms with van der Waals surface area (Å²) in [6.45, 7) is 1.82. The molecule has 0 unspecified atom stereocenters. The van der Waals surface area contributed by atoms with Crippen molar-refractivity contribution in [2.45, 2.75) is 45.4 Å². The van der Waals surface area contributed by atoms with Gasteiger partial charge in [-0.3, -0.25) is 14.6 Å². The van der Waals surface area contributed by atoms with Crippen LogP contribution in [0.4, 0.5) is 5.82 Å². The summed E-state index contributed by atoms with van der Waals surface area (Å²) < 4.78 is 8.47. The van der Waals surface area contributed by atoms with Gasteiger partial charge in [0.1, 0.15) is 22.6 Å². The Hall–Kier alpha value is -3.95. The molecule has 176 valence electrons. The van der Waals surface area contributed by atoms with Crippen LogP contribution in [-0.4, -0.2) is 42.5 Å². The van der Waals surface area contributed by atoms with Crippen LogP contribution in [0.15, 0.2) is 41.3 Å². The fraction of sp³-hybridized carbons (Fsp3) is 0.375. The highest BCUT2D eigenvalue weighted by atomic mass is 16.5. The van der Waals surface area contributed by atoms with Crippen LogP contribution < -0.4 is 15.6 Å². The number of carbonyl (C=O) groups is 1. The number of fused-ring (bicyclic) bond motifs is 1. The van der Waals surface area contributed by atoms with Crippen molar-refractivity contribution in [3.05, 3.63) is 52.6 Å². The van der Waals surface area contributed by atoms with Crippen molar-refractivity contribution >= 4 is 22.8 Å². The maximum absolute atomic E-state index is 12.9. The summed E-state index contributed by atoms with van der Waals surface area (Å²) in [5.74, 6) is 1.60. The summed E-state index contributed by atoms with van der Waals surface area (Å²) in [5, 5.41) is 12.1. The Morgan fingerprint density at radius 2 is 2.00 bits per heavy atom. The highest BCUT2D eigenvalue weighted by Gasteiger charge is 2.20. The molecule has 34 heavy (non-hydrogen) atoms. The topological polar surface area (TPSA) is 120 Å². The molecule has 3 heterocycles. The molecular formula is C24H27N7O3. The molecule has 1 aromatic carbocycles. The quantitative estimate of drug-likeness (QED) is 0.453. The third kappa shape index (κ3) is 4.18. The smallest absolute Gasteiger partial charge is 0.263 e. The van der Waals surface area contributed by atoms with E-state index in [4.69, 9.17) is 4.74 Å². The number of hydrogen-bond donors (Lipinski definition) is 2. The lowest BCUT2D eigenvalue weighted by atomic mass is 9.87. The Balaban J connectivity index is 1.51. The number of amides is 1. The van der Waals surface area contributed by atoms with Crippen LogP contribution in [0.3, 0.4) is 0 Å². The minimum absolute atomic E-state index is 0.0597. The van der Waals surface area contributed by atoms with Gasteiger partial charge in [0.15, 0.2) is 5.65 Å². The van der Waals surface area contributed by atoms with E-state index in [-0.39, 0.29) is 17.4 Å². The molecule has 10 nitrogen and oxygen atoms in total. The standard InChI is InChI=1S/C24H27N7O3/c1-15-12-20(26-21(32)13-16-8-4-3-5-9-16)31(29-15)24-27-22-17(23(33)28-24)14-25-30(22)18-10-6-7-11-19(18)34-2/h6-7,10-12,14,16H,3-5,8-9,13H2,1-2H3,(H,26,32)(H,27,28,33). The third-order valence-electron chi connectivity index (χ3n) is 6.24. The monoisotopic (exact) mass is 461 g/mol. The Morgan fingerprint density at radius 1 is 1.21 bits per heavy atom. The zero-order valence-corrected chi connectivity index (χ0v) is 19.2.